The molecule has 0 fully saturated rings. The molecule has 384 valence electrons. The summed E-state index contributed by atoms with van der Waals surface area (Å²) < 4.78 is 28.0. The Balaban J connectivity index is 9.27. The van der Waals surface area contributed by atoms with Crippen molar-refractivity contribution in [3.8, 4) is 0 Å². The van der Waals surface area contributed by atoms with Crippen LogP contribution in [0.1, 0.15) is 243 Å². The van der Waals surface area contributed by atoms with Crippen LogP contribution in [0.5, 0.6) is 0 Å². The molecule has 0 unspecified atom stereocenters. The maximum absolute atomic E-state index is 15.8. The van der Waals surface area contributed by atoms with E-state index in [2.05, 4.69) is 166 Å². The van der Waals surface area contributed by atoms with Gasteiger partial charge in [0.05, 0.1) is 0 Å². The summed E-state index contributed by atoms with van der Waals surface area (Å²) in [6.07, 6.45) is 6.09. The molecule has 0 aromatic carbocycles. The third-order valence-corrected chi connectivity index (χ3v) is 17.2. The molecule has 0 N–H and O–H groups in total. The van der Waals surface area contributed by atoms with Crippen molar-refractivity contribution < 1.29 is 31.5 Å². The van der Waals surface area contributed by atoms with Gasteiger partial charge in [0.2, 0.25) is 0 Å². The van der Waals surface area contributed by atoms with E-state index in [1.807, 2.05) is 0 Å². The summed E-state index contributed by atoms with van der Waals surface area (Å²) in [5, 5.41) is 0. The first kappa shape index (κ1) is 63.7. The van der Waals surface area contributed by atoms with E-state index in [0.29, 0.717) is 77.0 Å². The van der Waals surface area contributed by atoms with Gasteiger partial charge in [0.1, 0.15) is 0 Å². The van der Waals surface area contributed by atoms with Gasteiger partial charge < -0.3 is 0 Å². The van der Waals surface area contributed by atoms with E-state index in [4.69, 9.17) is 12.3 Å². The molecule has 0 spiro atoms. The predicted octanol–water partition coefficient (Wildman–Crippen LogP) is 16.1. The monoisotopic (exact) mass is 1030 g/mol. The van der Waals surface area contributed by atoms with Crippen molar-refractivity contribution in [2.75, 3.05) is 0 Å². The molecule has 65 heavy (non-hydrogen) atoms. The van der Waals surface area contributed by atoms with Gasteiger partial charge in [-0.1, -0.05) is 0 Å². The van der Waals surface area contributed by atoms with Crippen molar-refractivity contribution in [1.29, 1.82) is 0 Å². The Morgan fingerprint density at radius 3 is 0.415 bits per heavy atom. The minimum absolute atomic E-state index is 0.111. The van der Waals surface area contributed by atoms with Crippen LogP contribution in [0.15, 0.2) is 0 Å². The Labute approximate surface area is 409 Å². The van der Waals surface area contributed by atoms with Crippen molar-refractivity contribution in [2.24, 2.45) is 92.7 Å². The molecule has 9 heteroatoms. The van der Waals surface area contributed by atoms with Gasteiger partial charge in [0, 0.05) is 0 Å². The van der Waals surface area contributed by atoms with Gasteiger partial charge >= 0.3 is 411 Å². The van der Waals surface area contributed by atoms with Gasteiger partial charge in [-0.05, 0) is 0 Å². The van der Waals surface area contributed by atoms with E-state index in [-0.39, 0.29) is 71.0 Å². The maximum atomic E-state index is 15.8. The van der Waals surface area contributed by atoms with Crippen molar-refractivity contribution in [1.82, 2.24) is 0 Å². The summed E-state index contributed by atoms with van der Waals surface area (Å²) in [6, 6.07) is 0. The van der Waals surface area contributed by atoms with Gasteiger partial charge in [-0.25, -0.2) is 0 Å². The van der Waals surface area contributed by atoms with Crippen LogP contribution in [0, 0.1) is 92.7 Å². The Hall–Kier alpha value is -1.32. The third kappa shape index (κ3) is 21.9. The molecule has 0 rings (SSSR count). The van der Waals surface area contributed by atoms with Crippen LogP contribution in [0.25, 0.3) is 0 Å². The van der Waals surface area contributed by atoms with Crippen LogP contribution in [0.2, 0.25) is 0 Å². The SMILES string of the molecule is CC(C)CC(CC(C)C)(CC(C)C)C(=O)[O][Sn]([O]C(=O)C(CC(C)C)(CC(C)C)CC(C)C)([O]C(=O)C(CC(C)C)(CC(C)C)CC(C)C)[O]C(=O)C(CC(C)C)(CC(C)C)CC(C)C. The van der Waals surface area contributed by atoms with Crippen LogP contribution in [0.4, 0.5) is 0 Å². The minimum atomic E-state index is -6.71. The molecule has 0 atom stereocenters. The second-order valence-corrected chi connectivity index (χ2v) is 31.5. The molecule has 0 saturated heterocycles. The van der Waals surface area contributed by atoms with E-state index in [9.17, 15) is 0 Å². The molecule has 0 bridgehead atoms. The topological polar surface area (TPSA) is 105 Å². The van der Waals surface area contributed by atoms with Crippen molar-refractivity contribution in [3.63, 3.8) is 0 Å². The van der Waals surface area contributed by atoms with E-state index in [0.717, 1.165) is 0 Å². The second-order valence-electron chi connectivity index (χ2n) is 26.4. The van der Waals surface area contributed by atoms with E-state index in [1.165, 1.54) is 0 Å². The van der Waals surface area contributed by atoms with Crippen LogP contribution >= 0.6 is 0 Å². The van der Waals surface area contributed by atoms with Crippen molar-refractivity contribution in [2.45, 2.75) is 243 Å². The van der Waals surface area contributed by atoms with Crippen molar-refractivity contribution in [3.05, 3.63) is 0 Å². The zero-order valence-corrected chi connectivity index (χ0v) is 50.0. The zero-order chi connectivity index (χ0) is 51.1. The van der Waals surface area contributed by atoms with E-state index >= 15 is 19.2 Å². The van der Waals surface area contributed by atoms with Gasteiger partial charge in [-0.3, -0.25) is 0 Å². The molecule has 0 saturated carbocycles. The van der Waals surface area contributed by atoms with E-state index < -0.39 is 65.6 Å². The molecule has 0 heterocycles. The molecule has 0 aromatic rings. The van der Waals surface area contributed by atoms with Crippen LogP contribution in [0.3, 0.4) is 0 Å². The average Bonchev–Trinajstić information content (AvgIpc) is 3.04. The molecule has 0 amide bonds. The van der Waals surface area contributed by atoms with Gasteiger partial charge in [-0.2, -0.15) is 0 Å². The summed E-state index contributed by atoms with van der Waals surface area (Å²) in [5.41, 5.74) is -4.09. The number of carbonyl (C=O) groups excluding carboxylic acids is 4. The molecule has 0 aliphatic rings. The zero-order valence-electron chi connectivity index (χ0n) is 47.2. The number of carbonyl (C=O) groups is 4. The van der Waals surface area contributed by atoms with Gasteiger partial charge in [-0.15, -0.1) is 0 Å². The molecule has 0 aliphatic heterocycles. The van der Waals surface area contributed by atoms with Gasteiger partial charge in [0.25, 0.3) is 0 Å². The number of hydrogen-bond donors (Lipinski definition) is 0. The van der Waals surface area contributed by atoms with E-state index in [1.54, 1.807) is 0 Å². The predicted molar refractivity (Wildman–Crippen MR) is 273 cm³/mol. The van der Waals surface area contributed by atoms with Gasteiger partial charge in [0.15, 0.2) is 0 Å². The summed E-state index contributed by atoms with van der Waals surface area (Å²) in [7, 11) is 0. The number of hydrogen-bond acceptors (Lipinski definition) is 8. The molecule has 0 aliphatic carbocycles. The van der Waals surface area contributed by atoms with Crippen LogP contribution in [-0.2, 0) is 31.5 Å². The fourth-order valence-corrected chi connectivity index (χ4v) is 18.2. The first-order valence-corrected chi connectivity index (χ1v) is 31.1. The number of rotatable bonds is 32. The molecule has 0 radical (unpaired) electrons. The first-order valence-electron chi connectivity index (χ1n) is 26.4. The Morgan fingerprint density at radius 1 is 0.246 bits per heavy atom. The quantitative estimate of drug-likeness (QED) is 0.0614. The second kappa shape index (κ2) is 27.8. The van der Waals surface area contributed by atoms with Crippen LogP contribution in [-0.4, -0.2) is 43.9 Å². The summed E-state index contributed by atoms with van der Waals surface area (Å²) in [6.45, 7) is 50.5. The Kier molecular flexibility index (Phi) is 27.2. The Bertz CT molecular complexity index is 1100. The van der Waals surface area contributed by atoms with Crippen LogP contribution < -0.4 is 0 Å². The normalized spacial score (nSPS) is 13.7. The fraction of sp³-hybridized carbons (Fsp3) is 0.929. The standard InChI is InChI=1S/4C14H28O2.Sn/c4*1-10(2)7-14(13(15)16,8-11(3)4)9-12(5)6;/h4*10-12H,7-9H2,1-6H3,(H,15,16);/q;;;;+4/p-4. The van der Waals surface area contributed by atoms with Crippen molar-refractivity contribution >= 4 is 43.9 Å². The summed E-state index contributed by atoms with van der Waals surface area (Å²) in [4.78, 5) is 63.3. The molecular weight excluding hydrogens is 919 g/mol. The summed E-state index contributed by atoms with van der Waals surface area (Å²) >= 11 is -6.71. The molecule has 0 aromatic heterocycles. The average molecular weight is 1030 g/mol. The fourth-order valence-electron chi connectivity index (χ4n) is 12.4. The molecule has 8 nitrogen and oxygen atoms in total. The molecular formula is C56H108O8Sn. The first-order chi connectivity index (χ1) is 29.5. The Morgan fingerprint density at radius 2 is 0.338 bits per heavy atom. The summed E-state index contributed by atoms with van der Waals surface area (Å²) in [5.74, 6) is -1.04. The third-order valence-electron chi connectivity index (χ3n) is 12.2.